The number of hydrogen-bond acceptors (Lipinski definition) is 2. The second-order valence-corrected chi connectivity index (χ2v) is 5.63. The predicted molar refractivity (Wildman–Crippen MR) is 83.9 cm³/mol. The van der Waals surface area contributed by atoms with Gasteiger partial charge in [-0.25, -0.2) is 0 Å². The SMILES string of the molecule is CCNC(c1cccc2ccccc12)C1CCOC1C. The van der Waals surface area contributed by atoms with Gasteiger partial charge in [0.05, 0.1) is 6.10 Å². The molecule has 106 valence electrons. The zero-order valence-electron chi connectivity index (χ0n) is 12.3. The first kappa shape index (κ1) is 13.6. The molecule has 1 aliphatic rings. The summed E-state index contributed by atoms with van der Waals surface area (Å²) in [5.74, 6) is 0.556. The summed E-state index contributed by atoms with van der Waals surface area (Å²) in [6.45, 7) is 6.25. The van der Waals surface area contributed by atoms with Crippen LogP contribution in [0.3, 0.4) is 0 Å². The van der Waals surface area contributed by atoms with E-state index < -0.39 is 0 Å². The minimum absolute atomic E-state index is 0.331. The van der Waals surface area contributed by atoms with Crippen molar-refractivity contribution in [3.8, 4) is 0 Å². The van der Waals surface area contributed by atoms with Crippen molar-refractivity contribution in [2.24, 2.45) is 5.92 Å². The fourth-order valence-corrected chi connectivity index (χ4v) is 3.42. The van der Waals surface area contributed by atoms with Crippen molar-refractivity contribution in [3.05, 3.63) is 48.0 Å². The van der Waals surface area contributed by atoms with E-state index in [2.05, 4.69) is 61.6 Å². The first-order valence-electron chi connectivity index (χ1n) is 7.64. The van der Waals surface area contributed by atoms with Gasteiger partial charge in [0.2, 0.25) is 0 Å². The van der Waals surface area contributed by atoms with Crippen LogP contribution < -0.4 is 5.32 Å². The van der Waals surface area contributed by atoms with E-state index >= 15 is 0 Å². The highest BCUT2D eigenvalue weighted by atomic mass is 16.5. The highest BCUT2D eigenvalue weighted by Crippen LogP contribution is 2.36. The lowest BCUT2D eigenvalue weighted by molar-refractivity contribution is 0.0957. The molecule has 2 nitrogen and oxygen atoms in total. The molecule has 2 aromatic carbocycles. The molecule has 0 aliphatic carbocycles. The molecule has 0 spiro atoms. The summed E-state index contributed by atoms with van der Waals surface area (Å²) < 4.78 is 5.79. The van der Waals surface area contributed by atoms with Gasteiger partial charge in [0.25, 0.3) is 0 Å². The molecule has 2 heteroatoms. The number of ether oxygens (including phenoxy) is 1. The maximum atomic E-state index is 5.79. The quantitative estimate of drug-likeness (QED) is 0.908. The summed E-state index contributed by atoms with van der Waals surface area (Å²) in [5, 5.41) is 6.36. The van der Waals surface area contributed by atoms with Crippen LogP contribution in [0.4, 0.5) is 0 Å². The number of hydrogen-bond donors (Lipinski definition) is 1. The Morgan fingerprint density at radius 2 is 2.00 bits per heavy atom. The van der Waals surface area contributed by atoms with Gasteiger partial charge in [-0.3, -0.25) is 0 Å². The highest BCUT2D eigenvalue weighted by Gasteiger charge is 2.32. The summed E-state index contributed by atoms with van der Waals surface area (Å²) in [6.07, 6.45) is 1.47. The molecule has 1 N–H and O–H groups in total. The van der Waals surface area contributed by atoms with Gasteiger partial charge in [-0.05, 0) is 36.2 Å². The van der Waals surface area contributed by atoms with Crippen LogP contribution in [-0.4, -0.2) is 19.3 Å². The van der Waals surface area contributed by atoms with Crippen LogP contribution in [-0.2, 0) is 4.74 Å². The maximum absolute atomic E-state index is 5.79. The highest BCUT2D eigenvalue weighted by molar-refractivity contribution is 5.86. The van der Waals surface area contributed by atoms with Gasteiger partial charge < -0.3 is 10.1 Å². The summed E-state index contributed by atoms with van der Waals surface area (Å²) in [7, 11) is 0. The normalized spacial score (nSPS) is 24.1. The topological polar surface area (TPSA) is 21.3 Å². The number of fused-ring (bicyclic) bond motifs is 1. The van der Waals surface area contributed by atoms with Crippen molar-refractivity contribution in [3.63, 3.8) is 0 Å². The van der Waals surface area contributed by atoms with E-state index in [0.29, 0.717) is 18.1 Å². The Morgan fingerprint density at radius 1 is 1.20 bits per heavy atom. The van der Waals surface area contributed by atoms with Crippen molar-refractivity contribution in [1.82, 2.24) is 5.32 Å². The van der Waals surface area contributed by atoms with E-state index in [1.807, 2.05) is 0 Å². The second-order valence-electron chi connectivity index (χ2n) is 5.63. The molecule has 0 radical (unpaired) electrons. The first-order valence-corrected chi connectivity index (χ1v) is 7.64. The number of benzene rings is 2. The van der Waals surface area contributed by atoms with E-state index in [-0.39, 0.29) is 0 Å². The Bertz CT molecular complexity index is 575. The lowest BCUT2D eigenvalue weighted by atomic mass is 9.86. The fraction of sp³-hybridized carbons (Fsp3) is 0.444. The summed E-state index contributed by atoms with van der Waals surface area (Å²) in [4.78, 5) is 0. The summed E-state index contributed by atoms with van der Waals surface area (Å²) in [6, 6.07) is 15.7. The van der Waals surface area contributed by atoms with Crippen molar-refractivity contribution < 1.29 is 4.74 Å². The smallest absolute Gasteiger partial charge is 0.0594 e. The van der Waals surface area contributed by atoms with E-state index in [0.717, 1.165) is 19.6 Å². The third-order valence-electron chi connectivity index (χ3n) is 4.45. The molecule has 1 fully saturated rings. The van der Waals surface area contributed by atoms with Crippen LogP contribution in [0.2, 0.25) is 0 Å². The number of nitrogens with one attached hydrogen (secondary N) is 1. The maximum Gasteiger partial charge on any atom is 0.0594 e. The Morgan fingerprint density at radius 3 is 2.75 bits per heavy atom. The van der Waals surface area contributed by atoms with Gasteiger partial charge in [0, 0.05) is 18.6 Å². The van der Waals surface area contributed by atoms with Crippen molar-refractivity contribution in [1.29, 1.82) is 0 Å². The van der Waals surface area contributed by atoms with Gasteiger partial charge >= 0.3 is 0 Å². The van der Waals surface area contributed by atoms with Gasteiger partial charge in [-0.15, -0.1) is 0 Å². The van der Waals surface area contributed by atoms with Crippen LogP contribution in [0.1, 0.15) is 31.9 Å². The third kappa shape index (κ3) is 2.46. The monoisotopic (exact) mass is 269 g/mol. The standard InChI is InChI=1S/C18H23NO/c1-3-19-18(15-11-12-20-13(15)2)17-10-6-8-14-7-4-5-9-16(14)17/h4-10,13,15,18-19H,3,11-12H2,1-2H3. The van der Waals surface area contributed by atoms with Gasteiger partial charge in [-0.1, -0.05) is 49.4 Å². The fourth-order valence-electron chi connectivity index (χ4n) is 3.42. The van der Waals surface area contributed by atoms with Crippen molar-refractivity contribution in [2.75, 3.05) is 13.2 Å². The van der Waals surface area contributed by atoms with Gasteiger partial charge in [-0.2, -0.15) is 0 Å². The largest absolute Gasteiger partial charge is 0.378 e. The van der Waals surface area contributed by atoms with Crippen molar-refractivity contribution >= 4 is 10.8 Å². The molecule has 1 heterocycles. The molecule has 3 rings (SSSR count). The molecule has 1 aliphatic heterocycles. The Hall–Kier alpha value is -1.38. The lowest BCUT2D eigenvalue weighted by Crippen LogP contribution is -2.32. The molecule has 0 saturated carbocycles. The molecule has 1 saturated heterocycles. The Kier molecular flexibility index (Phi) is 4.04. The van der Waals surface area contributed by atoms with E-state index in [1.54, 1.807) is 0 Å². The lowest BCUT2D eigenvalue weighted by Gasteiger charge is -2.28. The molecule has 3 atom stereocenters. The minimum Gasteiger partial charge on any atom is -0.378 e. The Balaban J connectivity index is 2.05. The molecule has 3 unspecified atom stereocenters. The molecule has 0 aromatic heterocycles. The first-order chi connectivity index (χ1) is 9.81. The van der Waals surface area contributed by atoms with Crippen LogP contribution in [0.25, 0.3) is 10.8 Å². The third-order valence-corrected chi connectivity index (χ3v) is 4.45. The number of rotatable bonds is 4. The average molecular weight is 269 g/mol. The summed E-state index contributed by atoms with van der Waals surface area (Å²) in [5.41, 5.74) is 1.41. The minimum atomic E-state index is 0.331. The molecular formula is C18H23NO. The van der Waals surface area contributed by atoms with Crippen LogP contribution >= 0.6 is 0 Å². The van der Waals surface area contributed by atoms with E-state index in [4.69, 9.17) is 4.74 Å². The zero-order valence-corrected chi connectivity index (χ0v) is 12.3. The van der Waals surface area contributed by atoms with Crippen LogP contribution in [0, 0.1) is 5.92 Å². The van der Waals surface area contributed by atoms with E-state index in [1.165, 1.54) is 16.3 Å². The zero-order chi connectivity index (χ0) is 13.9. The van der Waals surface area contributed by atoms with Gasteiger partial charge in [0.1, 0.15) is 0 Å². The van der Waals surface area contributed by atoms with Crippen LogP contribution in [0.15, 0.2) is 42.5 Å². The van der Waals surface area contributed by atoms with Crippen LogP contribution in [0.5, 0.6) is 0 Å². The summed E-state index contributed by atoms with van der Waals surface area (Å²) >= 11 is 0. The average Bonchev–Trinajstić information content (AvgIpc) is 2.90. The molecule has 0 amide bonds. The van der Waals surface area contributed by atoms with E-state index in [9.17, 15) is 0 Å². The van der Waals surface area contributed by atoms with Crippen molar-refractivity contribution in [2.45, 2.75) is 32.4 Å². The second kappa shape index (κ2) is 5.94. The molecule has 0 bridgehead atoms. The Labute approximate surface area is 121 Å². The van der Waals surface area contributed by atoms with Gasteiger partial charge in [0.15, 0.2) is 0 Å². The molecule has 20 heavy (non-hydrogen) atoms. The molecule has 2 aromatic rings. The predicted octanol–water partition coefficient (Wildman–Crippen LogP) is 3.92. The molecular weight excluding hydrogens is 246 g/mol.